The van der Waals surface area contributed by atoms with E-state index in [1.54, 1.807) is 27.7 Å². The molecule has 208 valence electrons. The lowest BCUT2D eigenvalue weighted by Crippen LogP contribution is -2.66. The van der Waals surface area contributed by atoms with Crippen molar-refractivity contribution in [1.82, 2.24) is 0 Å². The summed E-state index contributed by atoms with van der Waals surface area (Å²) in [6.45, 7) is 9.26. The zero-order chi connectivity index (χ0) is 27.2. The summed E-state index contributed by atoms with van der Waals surface area (Å²) >= 11 is 0. The number of hydrogen-bond donors (Lipinski definition) is 1. The molecule has 0 aromatic rings. The van der Waals surface area contributed by atoms with Crippen LogP contribution in [0.4, 0.5) is 0 Å². The number of esters is 4. The van der Waals surface area contributed by atoms with Gasteiger partial charge in [-0.2, -0.15) is 0 Å². The summed E-state index contributed by atoms with van der Waals surface area (Å²) in [6.07, 6.45) is 4.15. The second-order valence-electron chi connectivity index (χ2n) is 13.0. The van der Waals surface area contributed by atoms with Crippen molar-refractivity contribution in [3.63, 3.8) is 0 Å². The van der Waals surface area contributed by atoms with E-state index in [-0.39, 0.29) is 24.7 Å². The van der Waals surface area contributed by atoms with Gasteiger partial charge < -0.3 is 24.1 Å². The Morgan fingerprint density at radius 1 is 1.03 bits per heavy atom. The highest BCUT2D eigenvalue weighted by molar-refractivity contribution is 5.82. The van der Waals surface area contributed by atoms with E-state index in [0.717, 1.165) is 12.8 Å². The Balaban J connectivity index is 1.37. The smallest absolute Gasteiger partial charge is 0.348 e. The van der Waals surface area contributed by atoms with E-state index >= 15 is 0 Å². The molecule has 0 amide bonds. The van der Waals surface area contributed by atoms with Crippen LogP contribution in [-0.2, 0) is 38.1 Å². The molecular formula is C28H42O9. The zero-order valence-corrected chi connectivity index (χ0v) is 22.8. The van der Waals surface area contributed by atoms with Crippen LogP contribution in [0, 0.1) is 23.2 Å². The Kier molecular flexibility index (Phi) is 7.42. The van der Waals surface area contributed by atoms with Gasteiger partial charge in [-0.25, -0.2) is 4.79 Å². The van der Waals surface area contributed by atoms with E-state index in [4.69, 9.17) is 18.9 Å². The Labute approximate surface area is 218 Å². The molecule has 4 aliphatic carbocycles. The van der Waals surface area contributed by atoms with Gasteiger partial charge in [0.15, 0.2) is 0 Å². The van der Waals surface area contributed by atoms with Crippen molar-refractivity contribution in [2.75, 3.05) is 6.61 Å². The summed E-state index contributed by atoms with van der Waals surface area (Å²) in [7, 11) is 0. The number of ether oxygens (including phenoxy) is 4. The van der Waals surface area contributed by atoms with E-state index in [1.807, 2.05) is 6.92 Å². The molecular weight excluding hydrogens is 480 g/mol. The van der Waals surface area contributed by atoms with Crippen LogP contribution < -0.4 is 0 Å². The minimum atomic E-state index is -1.05. The Morgan fingerprint density at radius 3 is 2.35 bits per heavy atom. The average Bonchev–Trinajstić information content (AvgIpc) is 3.02. The molecule has 5 rings (SSSR count). The SMILES string of the molecule is CCCCOC(=O)C12CC3CC(O)(CC(OC(=O)C(C)CC(C)C(=O)OC4CC(C)(C)OC4=O)(C3)C1)C2. The highest BCUT2D eigenvalue weighted by atomic mass is 16.6. The summed E-state index contributed by atoms with van der Waals surface area (Å²) in [5.41, 5.74) is -3.46. The Bertz CT molecular complexity index is 944. The zero-order valence-electron chi connectivity index (χ0n) is 22.8. The van der Waals surface area contributed by atoms with Crippen LogP contribution in [-0.4, -0.2) is 58.5 Å². The molecule has 7 atom stereocenters. The fraction of sp³-hybridized carbons (Fsp3) is 0.857. The van der Waals surface area contributed by atoms with Gasteiger partial charge in [-0.1, -0.05) is 27.2 Å². The standard InChI is InChI=1S/C28H42O9/c1-6-7-8-34-24(32)26-10-19-11-27(33,14-26)16-28(12-19,15-26)37-22(30)18(3)9-17(2)21(29)35-20-13-25(4,5)36-23(20)31/h17-20,33H,6-16H2,1-5H3. The van der Waals surface area contributed by atoms with Gasteiger partial charge in [0.25, 0.3) is 0 Å². The third-order valence-electron chi connectivity index (χ3n) is 8.56. The quantitative estimate of drug-likeness (QED) is 0.260. The molecule has 7 unspecified atom stereocenters. The molecule has 0 radical (unpaired) electrons. The Morgan fingerprint density at radius 2 is 1.73 bits per heavy atom. The molecule has 1 aliphatic heterocycles. The van der Waals surface area contributed by atoms with Crippen LogP contribution in [0.3, 0.4) is 0 Å². The van der Waals surface area contributed by atoms with Crippen molar-refractivity contribution < 1.29 is 43.2 Å². The van der Waals surface area contributed by atoms with Gasteiger partial charge in [-0.15, -0.1) is 0 Å². The van der Waals surface area contributed by atoms with E-state index in [0.29, 0.717) is 45.1 Å². The maximum Gasteiger partial charge on any atom is 0.348 e. The fourth-order valence-corrected chi connectivity index (χ4v) is 7.40. The molecule has 1 saturated heterocycles. The summed E-state index contributed by atoms with van der Waals surface area (Å²) in [5, 5.41) is 11.3. The minimum absolute atomic E-state index is 0.0902. The van der Waals surface area contributed by atoms with Crippen molar-refractivity contribution >= 4 is 23.9 Å². The third kappa shape index (κ3) is 5.81. The molecule has 37 heavy (non-hydrogen) atoms. The lowest BCUT2D eigenvalue weighted by Gasteiger charge is -2.62. The van der Waals surface area contributed by atoms with E-state index in [1.165, 1.54) is 0 Å². The predicted molar refractivity (Wildman–Crippen MR) is 131 cm³/mol. The van der Waals surface area contributed by atoms with Gasteiger partial charge in [0.1, 0.15) is 11.2 Å². The molecule has 9 heteroatoms. The van der Waals surface area contributed by atoms with Crippen molar-refractivity contribution in [2.45, 2.75) is 122 Å². The van der Waals surface area contributed by atoms with Gasteiger partial charge in [0, 0.05) is 19.3 Å². The first-order valence-electron chi connectivity index (χ1n) is 13.8. The number of aliphatic hydroxyl groups is 1. The third-order valence-corrected chi connectivity index (χ3v) is 8.56. The van der Waals surface area contributed by atoms with Gasteiger partial charge in [-0.3, -0.25) is 14.4 Å². The van der Waals surface area contributed by atoms with Gasteiger partial charge >= 0.3 is 23.9 Å². The number of rotatable bonds is 10. The number of hydrogen-bond acceptors (Lipinski definition) is 9. The fourth-order valence-electron chi connectivity index (χ4n) is 7.40. The molecule has 1 N–H and O–H groups in total. The van der Waals surface area contributed by atoms with Crippen molar-refractivity contribution in [2.24, 2.45) is 23.2 Å². The van der Waals surface area contributed by atoms with E-state index in [2.05, 4.69) is 0 Å². The monoisotopic (exact) mass is 522 g/mol. The minimum Gasteiger partial charge on any atom is -0.465 e. The molecule has 0 aromatic heterocycles. The van der Waals surface area contributed by atoms with Crippen LogP contribution in [0.25, 0.3) is 0 Å². The first kappa shape index (κ1) is 27.9. The van der Waals surface area contributed by atoms with Crippen LogP contribution in [0.15, 0.2) is 0 Å². The van der Waals surface area contributed by atoms with Crippen molar-refractivity contribution in [3.8, 4) is 0 Å². The largest absolute Gasteiger partial charge is 0.465 e. The van der Waals surface area contributed by atoms with Crippen molar-refractivity contribution in [1.29, 1.82) is 0 Å². The molecule has 0 aromatic carbocycles. The van der Waals surface area contributed by atoms with E-state index < -0.39 is 58.1 Å². The number of cyclic esters (lactones) is 1. The van der Waals surface area contributed by atoms with Crippen LogP contribution in [0.5, 0.6) is 0 Å². The van der Waals surface area contributed by atoms with Crippen LogP contribution >= 0.6 is 0 Å². The second-order valence-corrected chi connectivity index (χ2v) is 13.0. The summed E-state index contributed by atoms with van der Waals surface area (Å²) in [5.74, 6) is -3.00. The number of carbonyl (C=O) groups excluding carboxylic acids is 4. The molecule has 5 fully saturated rings. The van der Waals surface area contributed by atoms with Crippen LogP contribution in [0.2, 0.25) is 0 Å². The predicted octanol–water partition coefficient (Wildman–Crippen LogP) is 3.63. The lowest BCUT2D eigenvalue weighted by molar-refractivity contribution is -0.248. The molecule has 5 aliphatic rings. The molecule has 0 spiro atoms. The van der Waals surface area contributed by atoms with E-state index in [9.17, 15) is 24.3 Å². The van der Waals surface area contributed by atoms with Gasteiger partial charge in [0.05, 0.1) is 29.5 Å². The summed E-state index contributed by atoms with van der Waals surface area (Å²) < 4.78 is 22.3. The van der Waals surface area contributed by atoms with Gasteiger partial charge in [-0.05, 0) is 58.3 Å². The highest BCUT2D eigenvalue weighted by Gasteiger charge is 2.67. The maximum atomic E-state index is 13.2. The second kappa shape index (κ2) is 9.86. The lowest BCUT2D eigenvalue weighted by atomic mass is 9.46. The van der Waals surface area contributed by atoms with Gasteiger partial charge in [0.2, 0.25) is 6.10 Å². The normalized spacial score (nSPS) is 37.0. The molecule has 9 nitrogen and oxygen atoms in total. The topological polar surface area (TPSA) is 125 Å². The Hall–Kier alpha value is -2.16. The van der Waals surface area contributed by atoms with Crippen LogP contribution in [0.1, 0.15) is 98.8 Å². The first-order chi connectivity index (χ1) is 17.2. The average molecular weight is 523 g/mol. The summed E-state index contributed by atoms with van der Waals surface area (Å²) in [4.78, 5) is 51.0. The summed E-state index contributed by atoms with van der Waals surface area (Å²) in [6, 6.07) is 0. The molecule has 4 bridgehead atoms. The molecule has 4 saturated carbocycles. The maximum absolute atomic E-state index is 13.2. The number of unbranched alkanes of at least 4 members (excludes halogenated alkanes) is 1. The number of carbonyl (C=O) groups is 4. The highest BCUT2D eigenvalue weighted by Crippen LogP contribution is 2.64. The molecule has 1 heterocycles. The first-order valence-corrected chi connectivity index (χ1v) is 13.8. The van der Waals surface area contributed by atoms with Crippen molar-refractivity contribution in [3.05, 3.63) is 0 Å².